The number of nitro groups is 1. The summed E-state index contributed by atoms with van der Waals surface area (Å²) in [6.07, 6.45) is -2.42. The number of fused-ring (bicyclic) bond motifs is 1. The number of hydrogen-bond acceptors (Lipinski definition) is 4. The zero-order valence-corrected chi connectivity index (χ0v) is 7.20. The Morgan fingerprint density at radius 3 is 1.93 bits per heavy atom. The summed E-state index contributed by atoms with van der Waals surface area (Å²) in [6.45, 7) is 0. The monoisotopic (exact) mass is 195 g/mol. The van der Waals surface area contributed by atoms with E-state index >= 15 is 0 Å². The predicted molar refractivity (Wildman–Crippen MR) is 47.1 cm³/mol. The Morgan fingerprint density at radius 2 is 1.57 bits per heavy atom. The molecule has 14 heavy (non-hydrogen) atoms. The van der Waals surface area contributed by atoms with Gasteiger partial charge in [0.15, 0.2) is 0 Å². The summed E-state index contributed by atoms with van der Waals surface area (Å²) in [4.78, 5) is 9.93. The Labute approximate surface area is 79.8 Å². The van der Waals surface area contributed by atoms with E-state index in [4.69, 9.17) is 0 Å². The largest absolute Gasteiger partial charge is 0.381 e. The first-order chi connectivity index (χ1) is 6.63. The molecule has 74 valence electrons. The minimum absolute atomic E-state index is 0.446. The third-order valence-electron chi connectivity index (χ3n) is 2.52. The van der Waals surface area contributed by atoms with Crippen molar-refractivity contribution in [3.8, 4) is 0 Å². The standard InChI is InChI=1S/C9H9NO4/c11-8-5-3-1-2-4-6(5)9(12)7(8)10(13)14/h1-4,7-9,11-12H/t7?,8-,9+. The Kier molecular flexibility index (Phi) is 1.98. The molecule has 0 heterocycles. The van der Waals surface area contributed by atoms with Crippen LogP contribution in [0, 0.1) is 10.1 Å². The number of aliphatic hydroxyl groups is 2. The van der Waals surface area contributed by atoms with Gasteiger partial charge in [-0.3, -0.25) is 10.1 Å². The number of nitrogens with zero attached hydrogens (tertiary/aromatic N) is 1. The van der Waals surface area contributed by atoms with Crippen molar-refractivity contribution in [3.05, 3.63) is 45.5 Å². The molecule has 0 radical (unpaired) electrons. The maximum absolute atomic E-state index is 10.6. The molecule has 0 fully saturated rings. The normalized spacial score (nSPS) is 30.0. The highest BCUT2D eigenvalue weighted by molar-refractivity contribution is 5.37. The SMILES string of the molecule is O=[N+]([O-])C1[C@H](O)c2ccccc2[C@@H]1O. The molecule has 1 unspecified atom stereocenters. The van der Waals surface area contributed by atoms with Gasteiger partial charge in [-0.2, -0.15) is 0 Å². The number of benzene rings is 1. The highest BCUT2D eigenvalue weighted by Gasteiger charge is 2.47. The van der Waals surface area contributed by atoms with Gasteiger partial charge in [0.2, 0.25) is 0 Å². The van der Waals surface area contributed by atoms with Crippen LogP contribution < -0.4 is 0 Å². The molecule has 5 heteroatoms. The Hall–Kier alpha value is -1.46. The van der Waals surface area contributed by atoms with Crippen LogP contribution in [0.2, 0.25) is 0 Å². The van der Waals surface area contributed by atoms with E-state index in [-0.39, 0.29) is 0 Å². The zero-order valence-electron chi connectivity index (χ0n) is 7.20. The quantitative estimate of drug-likeness (QED) is 0.502. The van der Waals surface area contributed by atoms with Crippen LogP contribution in [0.5, 0.6) is 0 Å². The van der Waals surface area contributed by atoms with Crippen LogP contribution in [0.4, 0.5) is 0 Å². The summed E-state index contributed by atoms with van der Waals surface area (Å²) < 4.78 is 0. The van der Waals surface area contributed by atoms with E-state index in [1.54, 1.807) is 24.3 Å². The lowest BCUT2D eigenvalue weighted by atomic mass is 10.1. The molecule has 0 saturated heterocycles. The first-order valence-electron chi connectivity index (χ1n) is 4.21. The molecule has 2 rings (SSSR count). The minimum atomic E-state index is -1.34. The molecule has 0 bridgehead atoms. The molecule has 0 amide bonds. The molecule has 1 aliphatic carbocycles. The molecule has 5 nitrogen and oxygen atoms in total. The van der Waals surface area contributed by atoms with Crippen LogP contribution in [0.25, 0.3) is 0 Å². The topological polar surface area (TPSA) is 83.6 Å². The van der Waals surface area contributed by atoms with E-state index in [0.29, 0.717) is 11.1 Å². The van der Waals surface area contributed by atoms with Crippen molar-refractivity contribution in [2.45, 2.75) is 18.2 Å². The Morgan fingerprint density at radius 1 is 1.14 bits per heavy atom. The van der Waals surface area contributed by atoms with Crippen molar-refractivity contribution < 1.29 is 15.1 Å². The fourth-order valence-corrected chi connectivity index (χ4v) is 1.82. The van der Waals surface area contributed by atoms with Gasteiger partial charge < -0.3 is 10.2 Å². The predicted octanol–water partition coefficient (Wildman–Crippen LogP) is 0.412. The molecule has 0 spiro atoms. The fraction of sp³-hybridized carbons (Fsp3) is 0.333. The third kappa shape index (κ3) is 1.10. The molecule has 1 aliphatic rings. The summed E-state index contributed by atoms with van der Waals surface area (Å²) in [6, 6.07) is 5.19. The fourth-order valence-electron chi connectivity index (χ4n) is 1.82. The lowest BCUT2D eigenvalue weighted by Gasteiger charge is -2.09. The van der Waals surface area contributed by atoms with Crippen LogP contribution in [0.1, 0.15) is 23.3 Å². The van der Waals surface area contributed by atoms with Gasteiger partial charge in [0.25, 0.3) is 6.04 Å². The van der Waals surface area contributed by atoms with Gasteiger partial charge in [0.05, 0.1) is 0 Å². The highest BCUT2D eigenvalue weighted by Crippen LogP contribution is 2.39. The van der Waals surface area contributed by atoms with Crippen LogP contribution in [0.3, 0.4) is 0 Å². The summed E-state index contributed by atoms with van der Waals surface area (Å²) >= 11 is 0. The van der Waals surface area contributed by atoms with Gasteiger partial charge in [-0.25, -0.2) is 0 Å². The molecule has 1 aromatic carbocycles. The van der Waals surface area contributed by atoms with Gasteiger partial charge in [0.1, 0.15) is 12.2 Å². The van der Waals surface area contributed by atoms with E-state index < -0.39 is 23.2 Å². The average molecular weight is 195 g/mol. The molecule has 1 aromatic rings. The molecule has 0 aliphatic heterocycles. The Balaban J connectivity index is 2.48. The van der Waals surface area contributed by atoms with Crippen molar-refractivity contribution in [3.63, 3.8) is 0 Å². The van der Waals surface area contributed by atoms with E-state index in [2.05, 4.69) is 0 Å². The lowest BCUT2D eigenvalue weighted by Crippen LogP contribution is -2.27. The summed E-state index contributed by atoms with van der Waals surface area (Å²) in [7, 11) is 0. The van der Waals surface area contributed by atoms with E-state index in [1.807, 2.05) is 0 Å². The molecule has 3 atom stereocenters. The number of hydrogen-bond donors (Lipinski definition) is 2. The second-order valence-corrected chi connectivity index (χ2v) is 3.29. The zero-order chi connectivity index (χ0) is 10.3. The van der Waals surface area contributed by atoms with E-state index in [9.17, 15) is 20.3 Å². The highest BCUT2D eigenvalue weighted by atomic mass is 16.6. The van der Waals surface area contributed by atoms with Gasteiger partial charge >= 0.3 is 0 Å². The van der Waals surface area contributed by atoms with Gasteiger partial charge in [-0.15, -0.1) is 0 Å². The smallest absolute Gasteiger partial charge is 0.272 e. The molecular formula is C9H9NO4. The van der Waals surface area contributed by atoms with Crippen molar-refractivity contribution in [2.24, 2.45) is 0 Å². The first kappa shape index (κ1) is 9.11. The van der Waals surface area contributed by atoms with Crippen molar-refractivity contribution >= 4 is 0 Å². The van der Waals surface area contributed by atoms with Crippen LogP contribution >= 0.6 is 0 Å². The van der Waals surface area contributed by atoms with Crippen molar-refractivity contribution in [2.75, 3.05) is 0 Å². The summed E-state index contributed by atoms with van der Waals surface area (Å²) in [5.74, 6) is 0. The Bertz CT molecular complexity index is 350. The maximum atomic E-state index is 10.6. The van der Waals surface area contributed by atoms with Gasteiger partial charge in [-0.05, 0) is 11.1 Å². The number of rotatable bonds is 1. The summed E-state index contributed by atoms with van der Waals surface area (Å²) in [5, 5.41) is 29.7. The van der Waals surface area contributed by atoms with E-state index in [1.165, 1.54) is 0 Å². The second kappa shape index (κ2) is 3.04. The summed E-state index contributed by atoms with van der Waals surface area (Å²) in [5.41, 5.74) is 0.892. The van der Waals surface area contributed by atoms with Crippen molar-refractivity contribution in [1.82, 2.24) is 0 Å². The second-order valence-electron chi connectivity index (χ2n) is 3.29. The number of aliphatic hydroxyl groups excluding tert-OH is 2. The van der Waals surface area contributed by atoms with Gasteiger partial charge in [0, 0.05) is 4.92 Å². The molecule has 2 N–H and O–H groups in total. The van der Waals surface area contributed by atoms with Crippen LogP contribution in [-0.2, 0) is 0 Å². The molecular weight excluding hydrogens is 186 g/mol. The van der Waals surface area contributed by atoms with Gasteiger partial charge in [-0.1, -0.05) is 24.3 Å². The first-order valence-corrected chi connectivity index (χ1v) is 4.21. The lowest BCUT2D eigenvalue weighted by molar-refractivity contribution is -0.546. The average Bonchev–Trinajstić information content (AvgIpc) is 2.41. The van der Waals surface area contributed by atoms with Crippen molar-refractivity contribution in [1.29, 1.82) is 0 Å². The van der Waals surface area contributed by atoms with Crippen LogP contribution in [0.15, 0.2) is 24.3 Å². The maximum Gasteiger partial charge on any atom is 0.272 e. The van der Waals surface area contributed by atoms with E-state index in [0.717, 1.165) is 0 Å². The third-order valence-corrected chi connectivity index (χ3v) is 2.52. The molecule has 0 saturated carbocycles. The minimum Gasteiger partial charge on any atom is -0.381 e. The molecule has 0 aromatic heterocycles. The van der Waals surface area contributed by atoms with Crippen LogP contribution in [-0.4, -0.2) is 21.2 Å².